The van der Waals surface area contributed by atoms with Gasteiger partial charge in [0.2, 0.25) is 5.91 Å². The number of hydrogen-bond donors (Lipinski definition) is 1. The van der Waals surface area contributed by atoms with Gasteiger partial charge < -0.3 is 10.1 Å². The highest BCUT2D eigenvalue weighted by molar-refractivity contribution is 7.90. The Hall–Kier alpha value is -2.97. The molecule has 7 nitrogen and oxygen atoms in total. The van der Waals surface area contributed by atoms with E-state index in [1.807, 2.05) is 24.3 Å². The number of carbonyl (C=O) groups excluding carboxylic acids is 1. The fourth-order valence-electron chi connectivity index (χ4n) is 4.55. The maximum atomic E-state index is 13.4. The van der Waals surface area contributed by atoms with Gasteiger partial charge in [0.1, 0.15) is 5.75 Å². The molecule has 1 N–H and O–H groups in total. The van der Waals surface area contributed by atoms with Gasteiger partial charge in [0.25, 0.3) is 0 Å². The molecule has 0 spiro atoms. The van der Waals surface area contributed by atoms with Crippen molar-refractivity contribution in [3.63, 3.8) is 0 Å². The Morgan fingerprint density at radius 2 is 1.91 bits per heavy atom. The van der Waals surface area contributed by atoms with Crippen LogP contribution in [0.5, 0.6) is 5.75 Å². The molecule has 1 atom stereocenters. The van der Waals surface area contributed by atoms with Crippen LogP contribution in [0.2, 0.25) is 5.02 Å². The molecule has 35 heavy (non-hydrogen) atoms. The summed E-state index contributed by atoms with van der Waals surface area (Å²) in [4.78, 5) is 22.3. The molecule has 1 aromatic heterocycles. The number of nitrogens with zero attached hydrogens (tertiary/aromatic N) is 2. The van der Waals surface area contributed by atoms with E-state index >= 15 is 0 Å². The molecule has 1 heterocycles. The van der Waals surface area contributed by atoms with E-state index in [1.54, 1.807) is 25.4 Å². The highest BCUT2D eigenvalue weighted by Gasteiger charge is 2.28. The number of sulfone groups is 1. The molecule has 9 heteroatoms. The third-order valence-corrected chi connectivity index (χ3v) is 7.97. The van der Waals surface area contributed by atoms with Gasteiger partial charge in [-0.1, -0.05) is 55.5 Å². The summed E-state index contributed by atoms with van der Waals surface area (Å²) in [5.41, 5.74) is 2.20. The Balaban J connectivity index is 1.56. The highest BCUT2D eigenvalue weighted by Crippen LogP contribution is 2.36. The zero-order chi connectivity index (χ0) is 25.0. The summed E-state index contributed by atoms with van der Waals surface area (Å²) in [7, 11) is -1.85. The maximum Gasteiger partial charge on any atom is 0.233 e. The second-order valence-electron chi connectivity index (χ2n) is 8.91. The topological polar surface area (TPSA) is 98.2 Å². The largest absolute Gasteiger partial charge is 0.497 e. The molecule has 3 aromatic rings. The van der Waals surface area contributed by atoms with Gasteiger partial charge in [-0.3, -0.25) is 9.78 Å². The predicted octanol–water partition coefficient (Wildman–Crippen LogP) is 5.51. The summed E-state index contributed by atoms with van der Waals surface area (Å²) in [6.07, 6.45) is 9.38. The number of anilines is 1. The summed E-state index contributed by atoms with van der Waals surface area (Å²) in [6, 6.07) is 12.2. The lowest BCUT2D eigenvalue weighted by Gasteiger charge is -2.21. The fourth-order valence-corrected chi connectivity index (χ4v) is 5.88. The van der Waals surface area contributed by atoms with Crippen molar-refractivity contribution in [3.8, 4) is 17.0 Å². The second-order valence-corrected chi connectivity index (χ2v) is 11.3. The van der Waals surface area contributed by atoms with Crippen LogP contribution in [0.25, 0.3) is 11.3 Å². The zero-order valence-corrected chi connectivity index (χ0v) is 21.3. The minimum absolute atomic E-state index is 0.0574. The minimum atomic E-state index is -3.46. The number of nitrogens with one attached hydrogen (secondary N) is 1. The Bertz CT molecular complexity index is 1310. The number of methoxy groups -OCH3 is 1. The predicted molar refractivity (Wildman–Crippen MR) is 137 cm³/mol. The SMILES string of the molecule is COc1cccc(-c2cnc(NC(=O)[C@H](CC3CCCC3)c3ccc(S(C)(=O)=O)c(Cl)c3)cn2)c1. The van der Waals surface area contributed by atoms with Crippen molar-refractivity contribution < 1.29 is 17.9 Å². The number of ether oxygens (including phenoxy) is 1. The summed E-state index contributed by atoms with van der Waals surface area (Å²) < 4.78 is 29.2. The van der Waals surface area contributed by atoms with E-state index in [2.05, 4.69) is 15.3 Å². The molecule has 1 aliphatic carbocycles. The number of amides is 1. The van der Waals surface area contributed by atoms with Gasteiger partial charge in [0.15, 0.2) is 15.7 Å². The molecule has 0 saturated heterocycles. The summed E-state index contributed by atoms with van der Waals surface area (Å²) in [6.45, 7) is 0. The third kappa shape index (κ3) is 6.18. The minimum Gasteiger partial charge on any atom is -0.497 e. The van der Waals surface area contributed by atoms with Crippen LogP contribution in [-0.2, 0) is 14.6 Å². The number of halogens is 1. The van der Waals surface area contributed by atoms with Crippen LogP contribution in [0.3, 0.4) is 0 Å². The van der Waals surface area contributed by atoms with Gasteiger partial charge in [-0.05, 0) is 42.2 Å². The fraction of sp³-hybridized carbons (Fsp3) is 0.346. The Labute approximate surface area is 210 Å². The molecular formula is C26H28ClN3O4S. The molecule has 2 aromatic carbocycles. The summed E-state index contributed by atoms with van der Waals surface area (Å²) in [5.74, 6) is 0.794. The molecule has 0 radical (unpaired) electrons. The van der Waals surface area contributed by atoms with E-state index in [-0.39, 0.29) is 15.8 Å². The lowest BCUT2D eigenvalue weighted by Crippen LogP contribution is -2.24. The Morgan fingerprint density at radius 3 is 2.54 bits per heavy atom. The third-order valence-electron chi connectivity index (χ3n) is 6.39. The molecule has 1 aliphatic rings. The molecule has 0 unspecified atom stereocenters. The lowest BCUT2D eigenvalue weighted by molar-refractivity contribution is -0.118. The van der Waals surface area contributed by atoms with E-state index in [4.69, 9.17) is 16.3 Å². The average Bonchev–Trinajstić information content (AvgIpc) is 3.35. The van der Waals surface area contributed by atoms with Gasteiger partial charge in [-0.25, -0.2) is 13.4 Å². The highest BCUT2D eigenvalue weighted by atomic mass is 35.5. The molecule has 1 saturated carbocycles. The molecule has 4 rings (SSSR count). The van der Waals surface area contributed by atoms with Crippen LogP contribution >= 0.6 is 11.6 Å². The van der Waals surface area contributed by atoms with Gasteiger partial charge in [0.05, 0.1) is 41.0 Å². The van der Waals surface area contributed by atoms with Gasteiger partial charge in [-0.15, -0.1) is 0 Å². The van der Waals surface area contributed by atoms with Crippen molar-refractivity contribution >= 4 is 33.2 Å². The molecular weight excluding hydrogens is 486 g/mol. The molecule has 0 bridgehead atoms. The van der Waals surface area contributed by atoms with Crippen molar-refractivity contribution in [2.75, 3.05) is 18.7 Å². The molecule has 184 valence electrons. The van der Waals surface area contributed by atoms with Gasteiger partial charge in [-0.2, -0.15) is 0 Å². The van der Waals surface area contributed by atoms with E-state index in [1.165, 1.54) is 12.3 Å². The average molecular weight is 514 g/mol. The molecule has 0 aliphatic heterocycles. The first-order chi connectivity index (χ1) is 16.7. The van der Waals surface area contributed by atoms with Crippen molar-refractivity contribution in [2.24, 2.45) is 5.92 Å². The van der Waals surface area contributed by atoms with Crippen LogP contribution in [0.1, 0.15) is 43.6 Å². The number of aromatic nitrogens is 2. The van der Waals surface area contributed by atoms with Gasteiger partial charge >= 0.3 is 0 Å². The first-order valence-electron chi connectivity index (χ1n) is 11.5. The Kier molecular flexibility index (Phi) is 7.72. The normalized spacial score (nSPS) is 15.1. The van der Waals surface area contributed by atoms with Gasteiger partial charge in [0, 0.05) is 11.8 Å². The quantitative estimate of drug-likeness (QED) is 0.426. The first-order valence-corrected chi connectivity index (χ1v) is 13.8. The Morgan fingerprint density at radius 1 is 1.14 bits per heavy atom. The summed E-state index contributed by atoms with van der Waals surface area (Å²) in [5, 5.41) is 3.00. The van der Waals surface area contributed by atoms with Crippen LogP contribution in [0, 0.1) is 5.92 Å². The second kappa shape index (κ2) is 10.7. The summed E-state index contributed by atoms with van der Waals surface area (Å²) >= 11 is 6.29. The number of rotatable bonds is 8. The van der Waals surface area contributed by atoms with Crippen molar-refractivity contribution in [1.29, 1.82) is 0 Å². The van der Waals surface area contributed by atoms with E-state index in [9.17, 15) is 13.2 Å². The van der Waals surface area contributed by atoms with Crippen LogP contribution in [-0.4, -0.2) is 37.7 Å². The van der Waals surface area contributed by atoms with Crippen molar-refractivity contribution in [3.05, 3.63) is 65.4 Å². The van der Waals surface area contributed by atoms with Crippen LogP contribution in [0.4, 0.5) is 5.82 Å². The molecule has 1 fully saturated rings. The molecule has 1 amide bonds. The standard InChI is InChI=1S/C26H28ClN3O4S/c1-34-20-9-5-8-19(13-20)23-15-29-25(16-28-23)30-26(31)21(12-17-6-3-4-7-17)18-10-11-24(22(27)14-18)35(2,32)33/h5,8-11,13-17,21H,3-4,6-7,12H2,1-2H3,(H,29,30,31)/t21-/m1/s1. The first kappa shape index (κ1) is 25.1. The van der Waals surface area contributed by atoms with Crippen molar-refractivity contribution in [1.82, 2.24) is 9.97 Å². The van der Waals surface area contributed by atoms with E-state index in [0.717, 1.165) is 43.3 Å². The zero-order valence-electron chi connectivity index (χ0n) is 19.7. The number of benzene rings is 2. The van der Waals surface area contributed by atoms with Crippen LogP contribution < -0.4 is 10.1 Å². The number of hydrogen-bond acceptors (Lipinski definition) is 6. The van der Waals surface area contributed by atoms with E-state index < -0.39 is 15.8 Å². The van der Waals surface area contributed by atoms with E-state index in [0.29, 0.717) is 29.4 Å². The van der Waals surface area contributed by atoms with Crippen molar-refractivity contribution in [2.45, 2.75) is 42.9 Å². The lowest BCUT2D eigenvalue weighted by atomic mass is 9.87. The monoisotopic (exact) mass is 513 g/mol. The number of carbonyl (C=O) groups is 1. The van der Waals surface area contributed by atoms with Crippen LogP contribution in [0.15, 0.2) is 59.8 Å². The maximum absolute atomic E-state index is 13.4. The smallest absolute Gasteiger partial charge is 0.233 e.